The average Bonchev–Trinajstić information content (AvgIpc) is 2.35. The summed E-state index contributed by atoms with van der Waals surface area (Å²) in [4.78, 5) is 14.0. The van der Waals surface area contributed by atoms with Gasteiger partial charge in [-0.1, -0.05) is 6.92 Å². The number of carbonyl (C=O) groups excluding carboxylic acids is 1. The lowest BCUT2D eigenvalue weighted by atomic mass is 9.95. The van der Waals surface area contributed by atoms with Crippen molar-refractivity contribution in [1.29, 1.82) is 0 Å². The van der Waals surface area contributed by atoms with Crippen LogP contribution in [0.3, 0.4) is 0 Å². The van der Waals surface area contributed by atoms with Gasteiger partial charge in [0.2, 0.25) is 0 Å². The SMILES string of the molecule is CCNC(C)(CCCN(C)CCOC)C(=O)OC. The highest BCUT2D eigenvalue weighted by atomic mass is 16.5. The van der Waals surface area contributed by atoms with Gasteiger partial charge in [0.05, 0.1) is 13.7 Å². The molecule has 0 rings (SSSR count). The van der Waals surface area contributed by atoms with Crippen molar-refractivity contribution in [2.24, 2.45) is 0 Å². The zero-order chi connectivity index (χ0) is 14.0. The minimum Gasteiger partial charge on any atom is -0.468 e. The van der Waals surface area contributed by atoms with E-state index in [0.717, 1.165) is 39.1 Å². The molecule has 0 saturated heterocycles. The van der Waals surface area contributed by atoms with Crippen molar-refractivity contribution in [3.63, 3.8) is 0 Å². The zero-order valence-electron chi connectivity index (χ0n) is 12.4. The number of methoxy groups -OCH3 is 2. The number of carbonyl (C=O) groups is 1. The molecule has 1 unspecified atom stereocenters. The molecule has 0 radical (unpaired) electrons. The van der Waals surface area contributed by atoms with Gasteiger partial charge < -0.3 is 19.7 Å². The van der Waals surface area contributed by atoms with Crippen molar-refractivity contribution in [2.75, 3.05) is 47.5 Å². The van der Waals surface area contributed by atoms with Crippen LogP contribution in [-0.4, -0.2) is 63.9 Å². The topological polar surface area (TPSA) is 50.8 Å². The summed E-state index contributed by atoms with van der Waals surface area (Å²) < 4.78 is 9.88. The van der Waals surface area contributed by atoms with Gasteiger partial charge in [0.1, 0.15) is 5.54 Å². The molecule has 1 atom stereocenters. The van der Waals surface area contributed by atoms with Crippen LogP contribution in [0.2, 0.25) is 0 Å². The Balaban J connectivity index is 4.08. The molecule has 0 aromatic rings. The molecule has 0 spiro atoms. The van der Waals surface area contributed by atoms with Gasteiger partial charge in [-0.2, -0.15) is 0 Å². The van der Waals surface area contributed by atoms with Crippen LogP contribution in [0.4, 0.5) is 0 Å². The maximum atomic E-state index is 11.8. The van der Waals surface area contributed by atoms with Gasteiger partial charge in [-0.05, 0) is 39.9 Å². The van der Waals surface area contributed by atoms with Crippen LogP contribution in [0.5, 0.6) is 0 Å². The molecule has 108 valence electrons. The fourth-order valence-corrected chi connectivity index (χ4v) is 1.94. The highest BCUT2D eigenvalue weighted by molar-refractivity contribution is 5.80. The minimum atomic E-state index is -0.578. The van der Waals surface area contributed by atoms with E-state index in [1.54, 1.807) is 7.11 Å². The fraction of sp³-hybridized carbons (Fsp3) is 0.923. The summed E-state index contributed by atoms with van der Waals surface area (Å²) in [6.07, 6.45) is 1.71. The molecule has 18 heavy (non-hydrogen) atoms. The summed E-state index contributed by atoms with van der Waals surface area (Å²) in [5.41, 5.74) is -0.578. The lowest BCUT2D eigenvalue weighted by Gasteiger charge is -2.28. The predicted octanol–water partition coefficient (Wildman–Crippen LogP) is 0.886. The highest BCUT2D eigenvalue weighted by Crippen LogP contribution is 2.14. The Morgan fingerprint density at radius 1 is 1.33 bits per heavy atom. The number of rotatable bonds is 10. The molecule has 5 nitrogen and oxygen atoms in total. The van der Waals surface area contributed by atoms with E-state index < -0.39 is 5.54 Å². The van der Waals surface area contributed by atoms with Crippen molar-refractivity contribution < 1.29 is 14.3 Å². The molecular formula is C13H28N2O3. The Labute approximate surface area is 111 Å². The maximum Gasteiger partial charge on any atom is 0.325 e. The van der Waals surface area contributed by atoms with E-state index in [0.29, 0.717) is 0 Å². The van der Waals surface area contributed by atoms with Crippen molar-refractivity contribution in [1.82, 2.24) is 10.2 Å². The van der Waals surface area contributed by atoms with Crippen LogP contribution < -0.4 is 5.32 Å². The first-order chi connectivity index (χ1) is 8.50. The van der Waals surface area contributed by atoms with Gasteiger partial charge >= 0.3 is 5.97 Å². The van der Waals surface area contributed by atoms with Gasteiger partial charge in [-0.3, -0.25) is 4.79 Å². The summed E-state index contributed by atoms with van der Waals surface area (Å²) in [5.74, 6) is -0.191. The lowest BCUT2D eigenvalue weighted by molar-refractivity contribution is -0.148. The maximum absolute atomic E-state index is 11.8. The third kappa shape index (κ3) is 6.33. The predicted molar refractivity (Wildman–Crippen MR) is 72.7 cm³/mol. The van der Waals surface area contributed by atoms with E-state index in [9.17, 15) is 4.79 Å². The molecule has 0 amide bonds. The van der Waals surface area contributed by atoms with Gasteiger partial charge in [-0.15, -0.1) is 0 Å². The number of hydrogen-bond donors (Lipinski definition) is 1. The quantitative estimate of drug-likeness (QED) is 0.591. The van der Waals surface area contributed by atoms with Crippen LogP contribution in [-0.2, 0) is 14.3 Å². The normalized spacial score (nSPS) is 14.6. The summed E-state index contributed by atoms with van der Waals surface area (Å²) in [5, 5.41) is 3.21. The molecule has 0 bridgehead atoms. The molecule has 0 saturated carbocycles. The van der Waals surface area contributed by atoms with E-state index in [4.69, 9.17) is 9.47 Å². The van der Waals surface area contributed by atoms with Crippen LogP contribution in [0.1, 0.15) is 26.7 Å². The van der Waals surface area contributed by atoms with E-state index >= 15 is 0 Å². The van der Waals surface area contributed by atoms with E-state index in [1.807, 2.05) is 13.8 Å². The van der Waals surface area contributed by atoms with Crippen LogP contribution in [0.15, 0.2) is 0 Å². The first kappa shape index (κ1) is 17.4. The standard InChI is InChI=1S/C13H28N2O3/c1-6-14-13(2,12(16)18-5)8-7-9-15(3)10-11-17-4/h14H,6-11H2,1-5H3. The Morgan fingerprint density at radius 2 is 2.00 bits per heavy atom. The number of hydrogen-bond acceptors (Lipinski definition) is 5. The van der Waals surface area contributed by atoms with Crippen molar-refractivity contribution in [2.45, 2.75) is 32.2 Å². The summed E-state index contributed by atoms with van der Waals surface area (Å²) >= 11 is 0. The third-order valence-corrected chi connectivity index (χ3v) is 3.10. The van der Waals surface area contributed by atoms with E-state index in [-0.39, 0.29) is 5.97 Å². The fourth-order valence-electron chi connectivity index (χ4n) is 1.94. The lowest BCUT2D eigenvalue weighted by Crippen LogP contribution is -2.50. The van der Waals surface area contributed by atoms with E-state index in [2.05, 4.69) is 17.3 Å². The van der Waals surface area contributed by atoms with Crippen molar-refractivity contribution in [3.8, 4) is 0 Å². The first-order valence-electron chi connectivity index (χ1n) is 6.51. The van der Waals surface area contributed by atoms with Crippen LogP contribution in [0, 0.1) is 0 Å². The molecule has 5 heteroatoms. The van der Waals surface area contributed by atoms with Crippen molar-refractivity contribution in [3.05, 3.63) is 0 Å². The Bertz CT molecular complexity index is 236. The largest absolute Gasteiger partial charge is 0.468 e. The van der Waals surface area contributed by atoms with Crippen LogP contribution >= 0.6 is 0 Å². The van der Waals surface area contributed by atoms with Gasteiger partial charge in [0, 0.05) is 13.7 Å². The minimum absolute atomic E-state index is 0.191. The molecule has 0 aliphatic carbocycles. The van der Waals surface area contributed by atoms with Crippen LogP contribution in [0.25, 0.3) is 0 Å². The number of nitrogens with zero attached hydrogens (tertiary/aromatic N) is 1. The Morgan fingerprint density at radius 3 is 2.50 bits per heavy atom. The summed E-state index contributed by atoms with van der Waals surface area (Å²) in [7, 11) is 5.19. The molecule has 0 fully saturated rings. The number of ether oxygens (including phenoxy) is 2. The second-order valence-corrected chi connectivity index (χ2v) is 4.75. The summed E-state index contributed by atoms with van der Waals surface area (Å²) in [6, 6.07) is 0. The van der Waals surface area contributed by atoms with E-state index in [1.165, 1.54) is 7.11 Å². The number of likely N-dealkylation sites (N-methyl/N-ethyl adjacent to an activating group) is 2. The van der Waals surface area contributed by atoms with Crippen molar-refractivity contribution >= 4 is 5.97 Å². The molecule has 0 aliphatic rings. The summed E-state index contributed by atoms with van der Waals surface area (Å²) in [6.45, 7) is 7.24. The molecular weight excluding hydrogens is 232 g/mol. The van der Waals surface area contributed by atoms with Gasteiger partial charge in [0.15, 0.2) is 0 Å². The second-order valence-electron chi connectivity index (χ2n) is 4.75. The first-order valence-corrected chi connectivity index (χ1v) is 6.51. The molecule has 0 aromatic carbocycles. The number of esters is 1. The van der Waals surface area contributed by atoms with Gasteiger partial charge in [-0.25, -0.2) is 0 Å². The average molecular weight is 260 g/mol. The molecule has 0 heterocycles. The highest BCUT2D eigenvalue weighted by Gasteiger charge is 2.32. The monoisotopic (exact) mass is 260 g/mol. The molecule has 1 N–H and O–H groups in total. The number of nitrogens with one attached hydrogen (secondary N) is 1. The molecule has 0 aromatic heterocycles. The Kier molecular flexibility index (Phi) is 8.97. The second kappa shape index (κ2) is 9.30. The van der Waals surface area contributed by atoms with Gasteiger partial charge in [0.25, 0.3) is 0 Å². The zero-order valence-corrected chi connectivity index (χ0v) is 12.4. The third-order valence-electron chi connectivity index (χ3n) is 3.10. The Hall–Kier alpha value is -0.650. The molecule has 0 aliphatic heterocycles. The smallest absolute Gasteiger partial charge is 0.325 e.